The number of nitrogens with one attached hydrogen (secondary N) is 1. The molecule has 2 aromatic rings. The zero-order valence-electron chi connectivity index (χ0n) is 19.5. The van der Waals surface area contributed by atoms with E-state index in [1.54, 1.807) is 12.1 Å². The van der Waals surface area contributed by atoms with Crippen molar-refractivity contribution < 1.29 is 22.7 Å². The molecule has 1 N–H and O–H groups in total. The maximum atomic E-state index is 13.6. The fourth-order valence-corrected chi connectivity index (χ4v) is 5.25. The Bertz CT molecular complexity index is 1090. The average Bonchev–Trinajstić information content (AvgIpc) is 2.83. The molecule has 8 heteroatoms. The number of hydrogen-bond acceptors (Lipinski definition) is 5. The van der Waals surface area contributed by atoms with Gasteiger partial charge in [0.1, 0.15) is 6.54 Å². The van der Waals surface area contributed by atoms with Crippen LogP contribution >= 0.6 is 0 Å². The third-order valence-corrected chi connectivity index (χ3v) is 7.48. The molecule has 178 valence electrons. The largest absolute Gasteiger partial charge is 0.493 e. The third-order valence-electron chi connectivity index (χ3n) is 5.71. The molecule has 1 amide bonds. The molecule has 0 unspecified atom stereocenters. The number of rotatable bonds is 10. The van der Waals surface area contributed by atoms with Crippen molar-refractivity contribution in [1.82, 2.24) is 5.32 Å². The van der Waals surface area contributed by atoms with Gasteiger partial charge in [-0.1, -0.05) is 29.3 Å². The van der Waals surface area contributed by atoms with Crippen LogP contribution in [-0.2, 0) is 14.8 Å². The summed E-state index contributed by atoms with van der Waals surface area (Å²) in [4.78, 5) is 12.8. The number of carbonyl (C=O) groups excluding carboxylic acids is 1. The summed E-state index contributed by atoms with van der Waals surface area (Å²) < 4.78 is 38.8. The van der Waals surface area contributed by atoms with E-state index in [9.17, 15) is 13.2 Å². The molecule has 7 nitrogen and oxygen atoms in total. The number of aryl methyl sites for hydroxylation is 1. The Kier molecular flexibility index (Phi) is 8.38. The first-order valence-corrected chi connectivity index (χ1v) is 12.5. The molecule has 0 spiro atoms. The fraction of sp³-hybridized carbons (Fsp3) is 0.400. The van der Waals surface area contributed by atoms with Crippen LogP contribution in [0.15, 0.2) is 59.0 Å². The second-order valence-corrected chi connectivity index (χ2v) is 9.93. The van der Waals surface area contributed by atoms with E-state index in [2.05, 4.69) is 11.4 Å². The summed E-state index contributed by atoms with van der Waals surface area (Å²) in [6.45, 7) is 2.09. The number of hydrogen-bond donors (Lipinski definition) is 1. The van der Waals surface area contributed by atoms with Crippen molar-refractivity contribution in [3.63, 3.8) is 0 Å². The number of nitrogens with zero attached hydrogens (tertiary/aromatic N) is 1. The molecule has 1 aliphatic rings. The lowest BCUT2D eigenvalue weighted by Gasteiger charge is -2.25. The summed E-state index contributed by atoms with van der Waals surface area (Å²) in [6.07, 6.45) is 7.60. The summed E-state index contributed by atoms with van der Waals surface area (Å²) in [6, 6.07) is 11.4. The number of amides is 1. The summed E-state index contributed by atoms with van der Waals surface area (Å²) in [5, 5.41) is 2.88. The number of methoxy groups -OCH3 is 2. The van der Waals surface area contributed by atoms with Crippen LogP contribution in [0.4, 0.5) is 5.69 Å². The van der Waals surface area contributed by atoms with Gasteiger partial charge in [-0.3, -0.25) is 9.10 Å². The lowest BCUT2D eigenvalue weighted by atomic mass is 9.97. The maximum absolute atomic E-state index is 13.6. The van der Waals surface area contributed by atoms with Crippen molar-refractivity contribution >= 4 is 21.6 Å². The van der Waals surface area contributed by atoms with Gasteiger partial charge in [0.25, 0.3) is 10.0 Å². The summed E-state index contributed by atoms with van der Waals surface area (Å²) in [7, 11) is -1.11. The van der Waals surface area contributed by atoms with E-state index < -0.39 is 10.0 Å². The topological polar surface area (TPSA) is 84.9 Å². The van der Waals surface area contributed by atoms with Gasteiger partial charge in [0.05, 0.1) is 24.8 Å². The Balaban J connectivity index is 1.82. The quantitative estimate of drug-likeness (QED) is 0.524. The molecule has 33 heavy (non-hydrogen) atoms. The molecular formula is C25H32N2O5S. The first-order valence-electron chi connectivity index (χ1n) is 11.1. The molecular weight excluding hydrogens is 440 g/mol. The van der Waals surface area contributed by atoms with Gasteiger partial charge >= 0.3 is 0 Å². The predicted molar refractivity (Wildman–Crippen MR) is 129 cm³/mol. The summed E-state index contributed by atoms with van der Waals surface area (Å²) >= 11 is 0. The Labute approximate surface area is 196 Å². The van der Waals surface area contributed by atoms with Crippen LogP contribution < -0.4 is 19.1 Å². The maximum Gasteiger partial charge on any atom is 0.264 e. The van der Waals surface area contributed by atoms with Crippen molar-refractivity contribution in [2.45, 2.75) is 43.9 Å². The summed E-state index contributed by atoms with van der Waals surface area (Å²) in [5.41, 5.74) is 2.77. The third kappa shape index (κ3) is 6.28. The molecule has 0 radical (unpaired) electrons. The molecule has 0 heterocycles. The average molecular weight is 473 g/mol. The number of ether oxygens (including phenoxy) is 2. The molecule has 0 bridgehead atoms. The van der Waals surface area contributed by atoms with Crippen molar-refractivity contribution in [2.75, 3.05) is 31.6 Å². The monoisotopic (exact) mass is 472 g/mol. The molecule has 0 saturated carbocycles. The van der Waals surface area contributed by atoms with E-state index in [1.165, 1.54) is 50.8 Å². The lowest BCUT2D eigenvalue weighted by molar-refractivity contribution is -0.119. The molecule has 0 atom stereocenters. The van der Waals surface area contributed by atoms with Crippen molar-refractivity contribution in [1.29, 1.82) is 0 Å². The fourth-order valence-electron chi connectivity index (χ4n) is 3.81. The minimum Gasteiger partial charge on any atom is -0.493 e. The molecule has 3 rings (SSSR count). The number of benzene rings is 2. The molecule has 0 saturated heterocycles. The minimum atomic E-state index is -4.04. The normalized spacial score (nSPS) is 13.7. The van der Waals surface area contributed by atoms with Gasteiger partial charge in [0, 0.05) is 12.6 Å². The Morgan fingerprint density at radius 2 is 1.76 bits per heavy atom. The van der Waals surface area contributed by atoms with E-state index in [0.717, 1.165) is 29.1 Å². The van der Waals surface area contributed by atoms with Gasteiger partial charge in [-0.05, 0) is 63.3 Å². The molecule has 0 aliphatic heterocycles. The highest BCUT2D eigenvalue weighted by atomic mass is 32.2. The SMILES string of the molecule is COc1ccc(S(=O)(=O)N(CC(=O)NCCC2=CCCCC2)c2ccc(C)cc2)cc1OC. The van der Waals surface area contributed by atoms with Crippen molar-refractivity contribution in [2.24, 2.45) is 0 Å². The minimum absolute atomic E-state index is 0.0147. The zero-order chi connectivity index (χ0) is 23.8. The lowest BCUT2D eigenvalue weighted by Crippen LogP contribution is -2.41. The van der Waals surface area contributed by atoms with Gasteiger partial charge in [-0.25, -0.2) is 8.42 Å². The first-order chi connectivity index (χ1) is 15.8. The van der Waals surface area contributed by atoms with Gasteiger partial charge in [-0.15, -0.1) is 0 Å². The van der Waals surface area contributed by atoms with Gasteiger partial charge in [-0.2, -0.15) is 0 Å². The highest BCUT2D eigenvalue weighted by molar-refractivity contribution is 7.92. The van der Waals surface area contributed by atoms with E-state index in [-0.39, 0.29) is 17.3 Å². The van der Waals surface area contributed by atoms with Crippen molar-refractivity contribution in [3.05, 3.63) is 59.7 Å². The van der Waals surface area contributed by atoms with Gasteiger partial charge < -0.3 is 14.8 Å². The Hall–Kier alpha value is -3.00. The standard InChI is InChI=1S/C25H32N2O5S/c1-19-9-11-21(12-10-19)27(18-25(28)26-16-15-20-7-5-4-6-8-20)33(29,30)22-13-14-23(31-2)24(17-22)32-3/h7,9-14,17H,4-6,8,15-16,18H2,1-3H3,(H,26,28). The number of anilines is 1. The van der Waals surface area contributed by atoms with Crippen LogP contribution in [-0.4, -0.2) is 41.6 Å². The van der Waals surface area contributed by atoms with E-state index in [4.69, 9.17) is 9.47 Å². The van der Waals surface area contributed by atoms with Gasteiger partial charge in [0.2, 0.25) is 5.91 Å². The van der Waals surface area contributed by atoms with Crippen LogP contribution in [0.5, 0.6) is 11.5 Å². The predicted octanol–water partition coefficient (Wildman–Crippen LogP) is 4.21. The second kappa shape index (κ2) is 11.2. The van der Waals surface area contributed by atoms with E-state index in [0.29, 0.717) is 23.7 Å². The van der Waals surface area contributed by atoms with Crippen LogP contribution in [0.2, 0.25) is 0 Å². The van der Waals surface area contributed by atoms with Crippen LogP contribution in [0.1, 0.15) is 37.7 Å². The molecule has 2 aromatic carbocycles. The first kappa shape index (κ1) is 24.6. The van der Waals surface area contributed by atoms with E-state index >= 15 is 0 Å². The second-order valence-electron chi connectivity index (χ2n) is 8.07. The van der Waals surface area contributed by atoms with Gasteiger partial charge in [0.15, 0.2) is 11.5 Å². The summed E-state index contributed by atoms with van der Waals surface area (Å²) in [5.74, 6) is 0.372. The number of carbonyl (C=O) groups is 1. The van der Waals surface area contributed by atoms with Crippen LogP contribution in [0, 0.1) is 6.92 Å². The Morgan fingerprint density at radius 1 is 1.03 bits per heavy atom. The van der Waals surface area contributed by atoms with Crippen LogP contribution in [0.3, 0.4) is 0 Å². The van der Waals surface area contributed by atoms with Crippen molar-refractivity contribution in [3.8, 4) is 11.5 Å². The van der Waals surface area contributed by atoms with E-state index in [1.807, 2.05) is 19.1 Å². The smallest absolute Gasteiger partial charge is 0.264 e. The zero-order valence-corrected chi connectivity index (χ0v) is 20.3. The molecule has 0 fully saturated rings. The number of allylic oxidation sites excluding steroid dienone is 1. The highest BCUT2D eigenvalue weighted by Crippen LogP contribution is 2.32. The Morgan fingerprint density at radius 3 is 2.39 bits per heavy atom. The number of sulfonamides is 1. The molecule has 1 aliphatic carbocycles. The van der Waals surface area contributed by atoms with Crippen LogP contribution in [0.25, 0.3) is 0 Å². The molecule has 0 aromatic heterocycles. The highest BCUT2D eigenvalue weighted by Gasteiger charge is 2.28.